The van der Waals surface area contributed by atoms with Crippen molar-refractivity contribution in [3.63, 3.8) is 0 Å². The number of carboxylic acids is 1. The second-order valence-electron chi connectivity index (χ2n) is 3.96. The Bertz CT molecular complexity index is 468. The van der Waals surface area contributed by atoms with Crippen LogP contribution in [-0.4, -0.2) is 16.1 Å². The van der Waals surface area contributed by atoms with Gasteiger partial charge in [-0.25, -0.2) is 0 Å². The summed E-state index contributed by atoms with van der Waals surface area (Å²) in [4.78, 5) is 15.0. The highest BCUT2D eigenvalue weighted by atomic mass is 35.5. The quantitative estimate of drug-likeness (QED) is 0.861. The minimum absolute atomic E-state index is 0.367. The summed E-state index contributed by atoms with van der Waals surface area (Å²) in [7, 11) is 0. The molecule has 4 heteroatoms. The van der Waals surface area contributed by atoms with Crippen molar-refractivity contribution >= 4 is 23.1 Å². The van der Waals surface area contributed by atoms with Crippen molar-refractivity contribution in [1.29, 1.82) is 0 Å². The van der Waals surface area contributed by atoms with Crippen LogP contribution in [-0.2, 0) is 4.79 Å². The smallest absolute Gasteiger partial charge is 0.310 e. The molecule has 0 aromatic carbocycles. The highest BCUT2D eigenvalue weighted by Gasteiger charge is 2.23. The summed E-state index contributed by atoms with van der Waals surface area (Å²) in [6.45, 7) is 1.90. The first-order valence-corrected chi connectivity index (χ1v) is 5.51. The van der Waals surface area contributed by atoms with E-state index in [0.717, 1.165) is 23.3 Å². The number of aliphatic carboxylic acids is 1. The first kappa shape index (κ1) is 11.1. The van der Waals surface area contributed by atoms with Gasteiger partial charge in [0, 0.05) is 17.5 Å². The molecule has 1 heterocycles. The molecule has 0 saturated carbocycles. The van der Waals surface area contributed by atoms with Crippen molar-refractivity contribution in [3.8, 4) is 0 Å². The van der Waals surface area contributed by atoms with Gasteiger partial charge in [-0.1, -0.05) is 17.7 Å². The molecule has 2 rings (SSSR count). The maximum absolute atomic E-state index is 10.8. The Morgan fingerprint density at radius 1 is 1.62 bits per heavy atom. The molecule has 1 aromatic rings. The summed E-state index contributed by atoms with van der Waals surface area (Å²) in [6, 6.07) is 1.85. The van der Waals surface area contributed by atoms with Crippen LogP contribution in [0.25, 0.3) is 5.57 Å². The van der Waals surface area contributed by atoms with Crippen LogP contribution in [0.15, 0.2) is 18.3 Å². The van der Waals surface area contributed by atoms with E-state index in [1.165, 1.54) is 0 Å². The van der Waals surface area contributed by atoms with Gasteiger partial charge in [-0.3, -0.25) is 9.78 Å². The Hall–Kier alpha value is -1.35. The monoisotopic (exact) mass is 237 g/mol. The Kier molecular flexibility index (Phi) is 2.97. The molecular weight excluding hydrogens is 226 g/mol. The van der Waals surface area contributed by atoms with Crippen molar-refractivity contribution < 1.29 is 9.90 Å². The molecule has 0 aliphatic heterocycles. The molecule has 1 unspecified atom stereocenters. The van der Waals surface area contributed by atoms with E-state index >= 15 is 0 Å². The Morgan fingerprint density at radius 3 is 3.00 bits per heavy atom. The molecule has 0 amide bonds. The number of carboxylic acid groups (broad SMARTS) is 1. The normalized spacial score (nSPS) is 19.6. The molecule has 0 fully saturated rings. The van der Waals surface area contributed by atoms with E-state index in [1.807, 2.05) is 19.1 Å². The zero-order valence-corrected chi connectivity index (χ0v) is 9.66. The third kappa shape index (κ3) is 2.09. The van der Waals surface area contributed by atoms with Crippen LogP contribution in [0, 0.1) is 12.8 Å². The Morgan fingerprint density at radius 2 is 2.38 bits per heavy atom. The van der Waals surface area contributed by atoms with Gasteiger partial charge in [-0.05, 0) is 31.4 Å². The second kappa shape index (κ2) is 4.26. The first-order chi connectivity index (χ1) is 7.58. The van der Waals surface area contributed by atoms with E-state index in [9.17, 15) is 4.79 Å². The number of nitrogens with zero attached hydrogens (tertiary/aromatic N) is 1. The fourth-order valence-electron chi connectivity index (χ4n) is 1.97. The molecule has 1 aliphatic rings. The standard InChI is InChI=1S/C12H12ClNO2/c1-7-11(5-10(13)6-14-7)8-2-3-9(4-8)12(15)16/h4-6,9H,2-3H2,1H3,(H,15,16). The number of pyridine rings is 1. The SMILES string of the molecule is Cc1ncc(Cl)cc1C1=CC(C(=O)O)CC1. The number of aromatic nitrogens is 1. The lowest BCUT2D eigenvalue weighted by Crippen LogP contribution is -2.06. The zero-order chi connectivity index (χ0) is 11.7. The van der Waals surface area contributed by atoms with Crippen LogP contribution in [0.1, 0.15) is 24.1 Å². The molecule has 3 nitrogen and oxygen atoms in total. The van der Waals surface area contributed by atoms with Crippen molar-refractivity contribution in [3.05, 3.63) is 34.6 Å². The number of hydrogen-bond donors (Lipinski definition) is 1. The molecule has 1 atom stereocenters. The Labute approximate surface area is 98.8 Å². The lowest BCUT2D eigenvalue weighted by Gasteiger charge is -2.05. The molecule has 1 aromatic heterocycles. The van der Waals surface area contributed by atoms with Gasteiger partial charge in [0.05, 0.1) is 10.9 Å². The van der Waals surface area contributed by atoms with Crippen molar-refractivity contribution in [2.45, 2.75) is 19.8 Å². The average molecular weight is 238 g/mol. The van der Waals surface area contributed by atoms with Gasteiger partial charge in [-0.15, -0.1) is 0 Å². The molecular formula is C12H12ClNO2. The summed E-state index contributed by atoms with van der Waals surface area (Å²) < 4.78 is 0. The van der Waals surface area contributed by atoms with Crippen LogP contribution < -0.4 is 0 Å². The Balaban J connectivity index is 2.35. The van der Waals surface area contributed by atoms with Crippen LogP contribution in [0.5, 0.6) is 0 Å². The molecule has 0 bridgehead atoms. The van der Waals surface area contributed by atoms with Gasteiger partial charge in [0.25, 0.3) is 0 Å². The van der Waals surface area contributed by atoms with Crippen LogP contribution >= 0.6 is 11.6 Å². The maximum atomic E-state index is 10.8. The van der Waals surface area contributed by atoms with Gasteiger partial charge < -0.3 is 5.11 Å². The minimum atomic E-state index is -0.761. The molecule has 84 valence electrons. The predicted molar refractivity (Wildman–Crippen MR) is 62.3 cm³/mol. The molecule has 1 aliphatic carbocycles. The number of hydrogen-bond acceptors (Lipinski definition) is 2. The lowest BCUT2D eigenvalue weighted by atomic mass is 10.0. The van der Waals surface area contributed by atoms with Gasteiger partial charge in [-0.2, -0.15) is 0 Å². The van der Waals surface area contributed by atoms with Crippen LogP contribution in [0.2, 0.25) is 5.02 Å². The number of halogens is 1. The third-order valence-corrected chi connectivity index (χ3v) is 3.05. The topological polar surface area (TPSA) is 50.2 Å². The zero-order valence-electron chi connectivity index (χ0n) is 8.90. The molecule has 0 saturated heterocycles. The number of aryl methyl sites for hydroxylation is 1. The van der Waals surface area contributed by atoms with Crippen molar-refractivity contribution in [2.24, 2.45) is 5.92 Å². The fourth-order valence-corrected chi connectivity index (χ4v) is 2.13. The number of allylic oxidation sites excluding steroid dienone is 1. The predicted octanol–water partition coefficient (Wildman–Crippen LogP) is 2.92. The van der Waals surface area contributed by atoms with Crippen LogP contribution in [0.3, 0.4) is 0 Å². The summed E-state index contributed by atoms with van der Waals surface area (Å²) in [5, 5.41) is 9.50. The maximum Gasteiger partial charge on any atom is 0.310 e. The van der Waals surface area contributed by atoms with Gasteiger partial charge in [0.2, 0.25) is 0 Å². The van der Waals surface area contributed by atoms with Gasteiger partial charge in [0.15, 0.2) is 0 Å². The van der Waals surface area contributed by atoms with Crippen molar-refractivity contribution in [1.82, 2.24) is 4.98 Å². The van der Waals surface area contributed by atoms with Crippen LogP contribution in [0.4, 0.5) is 0 Å². The third-order valence-electron chi connectivity index (χ3n) is 2.84. The van der Waals surface area contributed by atoms with E-state index in [2.05, 4.69) is 4.98 Å². The molecule has 16 heavy (non-hydrogen) atoms. The highest BCUT2D eigenvalue weighted by Crippen LogP contribution is 2.33. The molecule has 1 N–H and O–H groups in total. The first-order valence-electron chi connectivity index (χ1n) is 5.14. The van der Waals surface area contributed by atoms with E-state index in [4.69, 9.17) is 16.7 Å². The summed E-state index contributed by atoms with van der Waals surface area (Å²) in [5.74, 6) is -1.13. The number of carbonyl (C=O) groups is 1. The summed E-state index contributed by atoms with van der Waals surface area (Å²) in [5.41, 5.74) is 2.90. The van der Waals surface area contributed by atoms with Crippen molar-refractivity contribution in [2.75, 3.05) is 0 Å². The highest BCUT2D eigenvalue weighted by molar-refractivity contribution is 6.30. The largest absolute Gasteiger partial charge is 0.481 e. The van der Waals surface area contributed by atoms with Gasteiger partial charge in [0.1, 0.15) is 0 Å². The molecule has 0 spiro atoms. The average Bonchev–Trinajstić information content (AvgIpc) is 2.70. The van der Waals surface area contributed by atoms with E-state index in [1.54, 1.807) is 6.20 Å². The number of rotatable bonds is 2. The summed E-state index contributed by atoms with van der Waals surface area (Å²) >= 11 is 5.89. The summed E-state index contributed by atoms with van der Waals surface area (Å²) in [6.07, 6.45) is 4.85. The van der Waals surface area contributed by atoms with Gasteiger partial charge >= 0.3 is 5.97 Å². The van der Waals surface area contributed by atoms with E-state index in [0.29, 0.717) is 11.4 Å². The minimum Gasteiger partial charge on any atom is -0.481 e. The fraction of sp³-hybridized carbons (Fsp3) is 0.333. The van der Waals surface area contributed by atoms with E-state index < -0.39 is 5.97 Å². The second-order valence-corrected chi connectivity index (χ2v) is 4.40. The lowest BCUT2D eigenvalue weighted by molar-refractivity contribution is -0.140. The van der Waals surface area contributed by atoms with E-state index in [-0.39, 0.29) is 5.92 Å². The molecule has 0 radical (unpaired) electrons.